The molecule has 5 heteroatoms. The highest BCUT2D eigenvalue weighted by molar-refractivity contribution is 6.30. The average molecular weight is 288 g/mol. The Hall–Kier alpha value is -2.20. The summed E-state index contributed by atoms with van der Waals surface area (Å²) in [5, 5.41) is 0.355. The molecule has 20 heavy (non-hydrogen) atoms. The van der Waals surface area contributed by atoms with E-state index >= 15 is 0 Å². The number of rotatable bonds is 1. The van der Waals surface area contributed by atoms with Crippen molar-refractivity contribution in [1.29, 1.82) is 0 Å². The number of aliphatic imine (C=N–C) groups is 1. The van der Waals surface area contributed by atoms with Crippen LogP contribution in [0, 0.1) is 5.82 Å². The van der Waals surface area contributed by atoms with E-state index in [1.54, 1.807) is 36.7 Å². The highest BCUT2D eigenvalue weighted by Gasteiger charge is 2.18. The normalized spacial score (nSPS) is 14.1. The fourth-order valence-corrected chi connectivity index (χ4v) is 2.33. The first kappa shape index (κ1) is 12.8. The molecule has 3 rings (SSSR count). The van der Waals surface area contributed by atoms with Gasteiger partial charge in [-0.2, -0.15) is 0 Å². The van der Waals surface area contributed by atoms with Crippen LogP contribution in [0.4, 0.5) is 4.39 Å². The van der Waals surface area contributed by atoms with E-state index in [9.17, 15) is 4.39 Å². The summed E-state index contributed by atoms with van der Waals surface area (Å²) in [5.41, 5.74) is 9.08. The van der Waals surface area contributed by atoms with E-state index in [0.717, 1.165) is 11.1 Å². The van der Waals surface area contributed by atoms with Gasteiger partial charge in [0.2, 0.25) is 0 Å². The minimum Gasteiger partial charge on any atom is -0.398 e. The molecule has 1 aromatic carbocycles. The predicted molar refractivity (Wildman–Crippen MR) is 78.3 cm³/mol. The van der Waals surface area contributed by atoms with E-state index < -0.39 is 5.82 Å². The molecule has 0 atom stereocenters. The van der Waals surface area contributed by atoms with Gasteiger partial charge in [0.25, 0.3) is 0 Å². The average Bonchev–Trinajstić information content (AvgIpc) is 2.60. The van der Waals surface area contributed by atoms with Crippen molar-refractivity contribution >= 4 is 23.0 Å². The van der Waals surface area contributed by atoms with Gasteiger partial charge >= 0.3 is 0 Å². The van der Waals surface area contributed by atoms with Crippen LogP contribution in [0.1, 0.15) is 16.7 Å². The van der Waals surface area contributed by atoms with Crippen molar-refractivity contribution in [2.45, 2.75) is 0 Å². The van der Waals surface area contributed by atoms with Gasteiger partial charge in [0, 0.05) is 39.8 Å². The first-order valence-corrected chi connectivity index (χ1v) is 6.45. The Balaban J connectivity index is 2.20. The summed E-state index contributed by atoms with van der Waals surface area (Å²) in [6.45, 7) is 0.401. The molecule has 0 fully saturated rings. The number of benzene rings is 1. The second kappa shape index (κ2) is 5.06. The van der Waals surface area contributed by atoms with Crippen LogP contribution >= 0.6 is 11.6 Å². The molecule has 0 aliphatic carbocycles. The van der Waals surface area contributed by atoms with Crippen LogP contribution in [0.5, 0.6) is 0 Å². The third-order valence-electron chi connectivity index (χ3n) is 3.13. The van der Waals surface area contributed by atoms with Gasteiger partial charge < -0.3 is 5.73 Å². The number of pyridine rings is 1. The Labute approximate surface area is 120 Å². The summed E-state index contributed by atoms with van der Waals surface area (Å²) in [7, 11) is 0. The van der Waals surface area contributed by atoms with Crippen molar-refractivity contribution in [2.75, 3.05) is 6.54 Å². The van der Waals surface area contributed by atoms with Crippen LogP contribution in [0.25, 0.3) is 5.70 Å². The molecule has 1 aliphatic rings. The van der Waals surface area contributed by atoms with Crippen molar-refractivity contribution < 1.29 is 4.39 Å². The number of hydrogen-bond donors (Lipinski definition) is 1. The van der Waals surface area contributed by atoms with Crippen LogP contribution < -0.4 is 5.73 Å². The largest absolute Gasteiger partial charge is 0.398 e. The number of aromatic nitrogens is 1. The van der Waals surface area contributed by atoms with E-state index in [0.29, 0.717) is 28.5 Å². The fourth-order valence-electron chi connectivity index (χ4n) is 2.17. The molecule has 1 aromatic heterocycles. The van der Waals surface area contributed by atoms with E-state index in [4.69, 9.17) is 17.3 Å². The van der Waals surface area contributed by atoms with Gasteiger partial charge in [-0.05, 0) is 30.3 Å². The predicted octanol–water partition coefficient (Wildman–Crippen LogP) is 3.02. The first-order valence-electron chi connectivity index (χ1n) is 6.07. The van der Waals surface area contributed by atoms with Crippen LogP contribution in [-0.2, 0) is 0 Å². The zero-order chi connectivity index (χ0) is 14.1. The highest BCUT2D eigenvalue weighted by atomic mass is 35.5. The van der Waals surface area contributed by atoms with E-state index in [1.807, 2.05) is 0 Å². The monoisotopic (exact) mass is 287 g/mol. The van der Waals surface area contributed by atoms with Gasteiger partial charge in [-0.1, -0.05) is 11.6 Å². The third-order valence-corrected chi connectivity index (χ3v) is 3.37. The first-order chi connectivity index (χ1) is 9.66. The lowest BCUT2D eigenvalue weighted by molar-refractivity contribution is 0.625. The number of hydrogen-bond acceptors (Lipinski definition) is 3. The van der Waals surface area contributed by atoms with Crippen molar-refractivity contribution in [3.05, 3.63) is 70.3 Å². The number of nitrogens with two attached hydrogens (primary N) is 1. The van der Waals surface area contributed by atoms with E-state index in [-0.39, 0.29) is 0 Å². The van der Waals surface area contributed by atoms with Gasteiger partial charge in [-0.25, -0.2) is 4.39 Å². The molecule has 0 radical (unpaired) electrons. The molecule has 0 bridgehead atoms. The molecule has 0 saturated heterocycles. The summed E-state index contributed by atoms with van der Waals surface area (Å²) in [6, 6.07) is 6.34. The van der Waals surface area contributed by atoms with Gasteiger partial charge in [0.1, 0.15) is 5.82 Å². The van der Waals surface area contributed by atoms with Crippen molar-refractivity contribution in [2.24, 2.45) is 10.7 Å². The maximum absolute atomic E-state index is 14.1. The summed E-state index contributed by atoms with van der Waals surface area (Å²) in [6.07, 6.45) is 5.10. The summed E-state index contributed by atoms with van der Waals surface area (Å²) in [5.74, 6) is -0.403. The van der Waals surface area contributed by atoms with E-state index in [1.165, 1.54) is 6.07 Å². The minimum absolute atomic E-state index is 0.355. The fraction of sp³-hybridized carbons (Fsp3) is 0.0667. The second-order valence-corrected chi connectivity index (χ2v) is 4.83. The Morgan fingerprint density at radius 1 is 1.15 bits per heavy atom. The molecule has 100 valence electrons. The van der Waals surface area contributed by atoms with Gasteiger partial charge in [0.15, 0.2) is 0 Å². The molecular weight excluding hydrogens is 277 g/mol. The van der Waals surface area contributed by atoms with Crippen LogP contribution in [0.2, 0.25) is 5.02 Å². The Kier molecular flexibility index (Phi) is 3.24. The number of fused-ring (bicyclic) bond motifs is 1. The van der Waals surface area contributed by atoms with Crippen molar-refractivity contribution in [3.63, 3.8) is 0 Å². The lowest BCUT2D eigenvalue weighted by Gasteiger charge is -2.11. The summed E-state index contributed by atoms with van der Waals surface area (Å²) in [4.78, 5) is 8.49. The molecule has 3 nitrogen and oxygen atoms in total. The van der Waals surface area contributed by atoms with E-state index in [2.05, 4.69) is 9.98 Å². The number of nitrogens with zero attached hydrogens (tertiary/aromatic N) is 2. The zero-order valence-electron chi connectivity index (χ0n) is 10.5. The molecule has 1 aliphatic heterocycles. The maximum atomic E-state index is 14.1. The number of halogens is 2. The Morgan fingerprint density at radius 3 is 2.80 bits per heavy atom. The summed E-state index contributed by atoms with van der Waals surface area (Å²) >= 11 is 5.79. The van der Waals surface area contributed by atoms with Crippen LogP contribution in [-0.4, -0.2) is 17.2 Å². The SMILES string of the molecule is NC1=CCN=C(c2ccc(Cl)cc2F)c2ccncc21. The molecule has 2 heterocycles. The molecule has 0 unspecified atom stereocenters. The van der Waals surface area contributed by atoms with Crippen molar-refractivity contribution in [1.82, 2.24) is 4.98 Å². The Bertz CT molecular complexity index is 738. The molecule has 0 saturated carbocycles. The molecule has 0 amide bonds. The molecular formula is C15H11ClFN3. The van der Waals surface area contributed by atoms with Gasteiger partial charge in [-0.15, -0.1) is 0 Å². The summed E-state index contributed by atoms with van der Waals surface area (Å²) < 4.78 is 14.1. The minimum atomic E-state index is -0.403. The lowest BCUT2D eigenvalue weighted by Crippen LogP contribution is -2.10. The molecule has 2 N–H and O–H groups in total. The molecule has 2 aromatic rings. The van der Waals surface area contributed by atoms with Gasteiger partial charge in [0.05, 0.1) is 12.3 Å². The quantitative estimate of drug-likeness (QED) is 0.876. The second-order valence-electron chi connectivity index (χ2n) is 4.39. The van der Waals surface area contributed by atoms with Gasteiger partial charge in [-0.3, -0.25) is 9.98 Å². The Morgan fingerprint density at radius 2 is 2.00 bits per heavy atom. The maximum Gasteiger partial charge on any atom is 0.134 e. The van der Waals surface area contributed by atoms with Crippen LogP contribution in [0.15, 0.2) is 47.7 Å². The topological polar surface area (TPSA) is 51.3 Å². The van der Waals surface area contributed by atoms with Crippen LogP contribution in [0.3, 0.4) is 0 Å². The zero-order valence-corrected chi connectivity index (χ0v) is 11.2. The highest BCUT2D eigenvalue weighted by Crippen LogP contribution is 2.24. The third kappa shape index (κ3) is 2.18. The standard InChI is InChI=1S/C15H11ClFN3/c16-9-1-2-11(13(17)7-9)15-10-3-5-19-8-12(10)14(18)4-6-20-15/h1-5,7-8H,6,18H2. The van der Waals surface area contributed by atoms with Crippen molar-refractivity contribution in [3.8, 4) is 0 Å². The smallest absolute Gasteiger partial charge is 0.134 e. The molecule has 0 spiro atoms. The lowest BCUT2D eigenvalue weighted by atomic mass is 9.98.